The number of carbonyl (C=O) groups excluding carboxylic acids is 3. The second kappa shape index (κ2) is 55.7. The fourth-order valence-electron chi connectivity index (χ4n) is 9.03. The number of hydrogen-bond acceptors (Lipinski definition) is 6. The fourth-order valence-corrected chi connectivity index (χ4v) is 9.03. The van der Waals surface area contributed by atoms with Crippen LogP contribution in [0.25, 0.3) is 0 Å². The van der Waals surface area contributed by atoms with Crippen LogP contribution in [-0.4, -0.2) is 37.2 Å². The molecule has 0 aromatic heterocycles. The van der Waals surface area contributed by atoms with Crippen LogP contribution >= 0.6 is 0 Å². The number of allylic oxidation sites excluding steroid dienone is 2. The van der Waals surface area contributed by atoms with Crippen LogP contribution in [0, 0.1) is 0 Å². The van der Waals surface area contributed by atoms with E-state index in [1.165, 1.54) is 238 Å². The summed E-state index contributed by atoms with van der Waals surface area (Å²) in [6, 6.07) is 0. The SMILES string of the molecule is CCCCCCCCCC/C=C\CCCCCCCCCCCCCCCC(=O)OCC(COC(=O)CCCCCCCCCCCC)OC(=O)CCCCCCCCCCCCCCC. The van der Waals surface area contributed by atoms with Crippen molar-refractivity contribution in [2.75, 3.05) is 13.2 Å². The number of esters is 3. The fraction of sp³-hybridized carbons (Fsp3) is 0.917. The average Bonchev–Trinajstić information content (AvgIpc) is 3.31. The molecule has 0 N–H and O–H groups in total. The number of unbranched alkanes of at least 4 members (excludes halogenated alkanes) is 42. The molecule has 1 unspecified atom stereocenters. The van der Waals surface area contributed by atoms with Gasteiger partial charge in [0.25, 0.3) is 0 Å². The van der Waals surface area contributed by atoms with Crippen molar-refractivity contribution in [3.8, 4) is 0 Å². The first-order chi connectivity index (χ1) is 32.5. The summed E-state index contributed by atoms with van der Waals surface area (Å²) < 4.78 is 16.8. The Morgan fingerprint density at radius 1 is 0.288 bits per heavy atom. The van der Waals surface area contributed by atoms with Crippen molar-refractivity contribution in [3.05, 3.63) is 12.2 Å². The predicted molar refractivity (Wildman–Crippen MR) is 284 cm³/mol. The standard InChI is InChI=1S/C60H114O6/c1-4-7-10-13-16-19-22-24-25-26-27-28-29-30-31-32-33-34-35-37-38-41-44-47-50-53-59(62)65-56-57(55-64-58(61)52-49-46-43-40-21-18-15-12-9-6-3)66-60(63)54-51-48-45-42-39-36-23-20-17-14-11-8-5-2/h26-27,57H,4-25,28-56H2,1-3H3/b27-26-. The summed E-state index contributed by atoms with van der Waals surface area (Å²) in [4.78, 5) is 38.0. The van der Waals surface area contributed by atoms with E-state index in [-0.39, 0.29) is 31.1 Å². The predicted octanol–water partition coefficient (Wildman–Crippen LogP) is 19.7. The maximum absolute atomic E-state index is 12.8. The zero-order valence-electron chi connectivity index (χ0n) is 44.7. The van der Waals surface area contributed by atoms with Crippen LogP contribution in [0.4, 0.5) is 0 Å². The van der Waals surface area contributed by atoms with Gasteiger partial charge >= 0.3 is 17.9 Å². The van der Waals surface area contributed by atoms with Crippen molar-refractivity contribution >= 4 is 17.9 Å². The van der Waals surface area contributed by atoms with Crippen molar-refractivity contribution in [3.63, 3.8) is 0 Å². The molecule has 0 heterocycles. The first-order valence-electron chi connectivity index (χ1n) is 29.7. The lowest BCUT2D eigenvalue weighted by Crippen LogP contribution is -2.30. The Bertz CT molecular complexity index is 1020. The number of ether oxygens (including phenoxy) is 3. The van der Waals surface area contributed by atoms with Crippen LogP contribution in [-0.2, 0) is 28.6 Å². The first-order valence-corrected chi connectivity index (χ1v) is 29.7. The lowest BCUT2D eigenvalue weighted by Gasteiger charge is -2.18. The molecule has 0 spiro atoms. The van der Waals surface area contributed by atoms with E-state index in [9.17, 15) is 14.4 Å². The van der Waals surface area contributed by atoms with E-state index in [4.69, 9.17) is 14.2 Å². The molecule has 390 valence electrons. The summed E-state index contributed by atoms with van der Waals surface area (Å²) >= 11 is 0. The van der Waals surface area contributed by atoms with E-state index in [1.54, 1.807) is 0 Å². The minimum atomic E-state index is -0.762. The highest BCUT2D eigenvalue weighted by Crippen LogP contribution is 2.17. The molecular weight excluding hydrogens is 817 g/mol. The molecule has 0 saturated carbocycles. The highest BCUT2D eigenvalue weighted by molar-refractivity contribution is 5.71. The first kappa shape index (κ1) is 64.2. The maximum Gasteiger partial charge on any atom is 0.306 e. The molecule has 6 nitrogen and oxygen atoms in total. The van der Waals surface area contributed by atoms with E-state index >= 15 is 0 Å². The van der Waals surface area contributed by atoms with Crippen LogP contribution in [0.2, 0.25) is 0 Å². The van der Waals surface area contributed by atoms with Gasteiger partial charge < -0.3 is 14.2 Å². The van der Waals surface area contributed by atoms with Gasteiger partial charge in [0, 0.05) is 19.3 Å². The summed E-state index contributed by atoms with van der Waals surface area (Å²) in [6.07, 6.45) is 63.6. The van der Waals surface area contributed by atoms with Gasteiger partial charge in [0.1, 0.15) is 13.2 Å². The lowest BCUT2D eigenvalue weighted by molar-refractivity contribution is -0.167. The molecule has 1 atom stereocenters. The van der Waals surface area contributed by atoms with Gasteiger partial charge in [-0.05, 0) is 44.9 Å². The maximum atomic E-state index is 12.8. The van der Waals surface area contributed by atoms with Crippen molar-refractivity contribution < 1.29 is 28.6 Å². The lowest BCUT2D eigenvalue weighted by atomic mass is 10.0. The zero-order valence-corrected chi connectivity index (χ0v) is 44.7. The Balaban J connectivity index is 4.13. The molecule has 0 radical (unpaired) electrons. The molecule has 0 amide bonds. The number of carbonyl (C=O) groups is 3. The summed E-state index contributed by atoms with van der Waals surface area (Å²) in [5, 5.41) is 0. The number of rotatable bonds is 55. The molecule has 0 aliphatic carbocycles. The van der Waals surface area contributed by atoms with Crippen molar-refractivity contribution in [2.24, 2.45) is 0 Å². The van der Waals surface area contributed by atoms with Crippen LogP contribution in [0.1, 0.15) is 335 Å². The van der Waals surface area contributed by atoms with Gasteiger partial charge in [0.2, 0.25) is 0 Å². The highest BCUT2D eigenvalue weighted by Gasteiger charge is 2.19. The molecule has 0 fully saturated rings. The summed E-state index contributed by atoms with van der Waals surface area (Å²) in [5.74, 6) is -0.843. The Morgan fingerprint density at radius 3 is 0.758 bits per heavy atom. The normalized spacial score (nSPS) is 12.0. The average molecular weight is 932 g/mol. The molecule has 0 saturated heterocycles. The highest BCUT2D eigenvalue weighted by atomic mass is 16.6. The monoisotopic (exact) mass is 931 g/mol. The van der Waals surface area contributed by atoms with Crippen molar-refractivity contribution in [1.82, 2.24) is 0 Å². The van der Waals surface area contributed by atoms with E-state index in [0.717, 1.165) is 57.8 Å². The quantitative estimate of drug-likeness (QED) is 0.0262. The Labute approximate surface area is 411 Å². The van der Waals surface area contributed by atoms with Crippen LogP contribution in [0.15, 0.2) is 12.2 Å². The molecule has 0 aliphatic rings. The van der Waals surface area contributed by atoms with Crippen LogP contribution in [0.5, 0.6) is 0 Å². The largest absolute Gasteiger partial charge is 0.462 e. The molecule has 0 aromatic carbocycles. The minimum absolute atomic E-state index is 0.0639. The summed E-state index contributed by atoms with van der Waals surface area (Å²) in [7, 11) is 0. The van der Waals surface area contributed by atoms with Crippen LogP contribution in [0.3, 0.4) is 0 Å². The van der Waals surface area contributed by atoms with Gasteiger partial charge in [-0.3, -0.25) is 14.4 Å². The third-order valence-corrected chi connectivity index (χ3v) is 13.5. The van der Waals surface area contributed by atoms with Crippen molar-refractivity contribution in [2.45, 2.75) is 341 Å². The molecule has 6 heteroatoms. The van der Waals surface area contributed by atoms with E-state index in [0.29, 0.717) is 19.3 Å². The summed E-state index contributed by atoms with van der Waals surface area (Å²) in [6.45, 7) is 6.68. The molecule has 0 aromatic rings. The topological polar surface area (TPSA) is 78.9 Å². The van der Waals surface area contributed by atoms with Crippen molar-refractivity contribution in [1.29, 1.82) is 0 Å². The van der Waals surface area contributed by atoms with Gasteiger partial charge in [-0.15, -0.1) is 0 Å². The Hall–Kier alpha value is -1.85. The Kier molecular flexibility index (Phi) is 54.2. The number of hydrogen-bond donors (Lipinski definition) is 0. The summed E-state index contributed by atoms with van der Waals surface area (Å²) in [5.41, 5.74) is 0. The van der Waals surface area contributed by atoms with E-state index in [1.807, 2.05) is 0 Å². The van der Waals surface area contributed by atoms with Gasteiger partial charge in [-0.1, -0.05) is 283 Å². The Morgan fingerprint density at radius 2 is 0.500 bits per heavy atom. The smallest absolute Gasteiger partial charge is 0.306 e. The second-order valence-electron chi connectivity index (χ2n) is 20.3. The molecule has 0 bridgehead atoms. The van der Waals surface area contributed by atoms with Gasteiger partial charge in [0.15, 0.2) is 6.10 Å². The third-order valence-electron chi connectivity index (χ3n) is 13.5. The van der Waals surface area contributed by atoms with Gasteiger partial charge in [-0.2, -0.15) is 0 Å². The molecule has 0 rings (SSSR count). The van der Waals surface area contributed by atoms with E-state index < -0.39 is 6.10 Å². The van der Waals surface area contributed by atoms with Gasteiger partial charge in [0.05, 0.1) is 0 Å². The van der Waals surface area contributed by atoms with E-state index in [2.05, 4.69) is 32.9 Å². The molecule has 0 aliphatic heterocycles. The van der Waals surface area contributed by atoms with Gasteiger partial charge in [-0.25, -0.2) is 0 Å². The molecule has 66 heavy (non-hydrogen) atoms. The second-order valence-corrected chi connectivity index (χ2v) is 20.3. The minimum Gasteiger partial charge on any atom is -0.462 e. The zero-order chi connectivity index (χ0) is 47.9. The van der Waals surface area contributed by atoms with Crippen LogP contribution < -0.4 is 0 Å². The molecular formula is C60H114O6. The third kappa shape index (κ3) is 53.1.